The van der Waals surface area contributed by atoms with Gasteiger partial charge in [-0.25, -0.2) is 14.4 Å². The van der Waals surface area contributed by atoms with E-state index in [1.807, 2.05) is 19.1 Å². The van der Waals surface area contributed by atoms with E-state index in [0.29, 0.717) is 51.4 Å². The van der Waals surface area contributed by atoms with E-state index in [-0.39, 0.29) is 18.1 Å². The van der Waals surface area contributed by atoms with Gasteiger partial charge in [-0.3, -0.25) is 0 Å². The van der Waals surface area contributed by atoms with Crippen LogP contribution in [0.5, 0.6) is 0 Å². The Morgan fingerprint density at radius 2 is 2.00 bits per heavy atom. The van der Waals surface area contributed by atoms with Gasteiger partial charge >= 0.3 is 0 Å². The van der Waals surface area contributed by atoms with E-state index >= 15 is 0 Å². The van der Waals surface area contributed by atoms with Gasteiger partial charge in [0.1, 0.15) is 11.9 Å². The Morgan fingerprint density at radius 1 is 1.28 bits per heavy atom. The molecule has 5 nitrogen and oxygen atoms in total. The second-order valence-corrected chi connectivity index (χ2v) is 8.97. The lowest BCUT2D eigenvalue weighted by atomic mass is 9.74. The molecule has 0 bridgehead atoms. The van der Waals surface area contributed by atoms with Crippen molar-refractivity contribution in [2.24, 2.45) is 11.1 Å². The molecule has 29 heavy (non-hydrogen) atoms. The summed E-state index contributed by atoms with van der Waals surface area (Å²) < 4.78 is 13.9. The van der Waals surface area contributed by atoms with Gasteiger partial charge in [0.25, 0.3) is 0 Å². The largest absolute Gasteiger partial charge is 0.390 e. The molecular formula is C21H25Cl2FN4O. The predicted molar refractivity (Wildman–Crippen MR) is 114 cm³/mol. The number of alkyl halides is 1. The van der Waals surface area contributed by atoms with Gasteiger partial charge in [-0.1, -0.05) is 35.3 Å². The third-order valence-electron chi connectivity index (χ3n) is 6.46. The third-order valence-corrected chi connectivity index (χ3v) is 7.28. The number of hydrogen-bond donors (Lipinski definition) is 2. The summed E-state index contributed by atoms with van der Waals surface area (Å²) in [5.74, 6) is 0.671. The maximum Gasteiger partial charge on any atom is 0.153 e. The molecule has 1 aliphatic heterocycles. The van der Waals surface area contributed by atoms with Crippen molar-refractivity contribution in [3.8, 4) is 11.3 Å². The number of aliphatic hydroxyl groups is 1. The van der Waals surface area contributed by atoms with Crippen LogP contribution >= 0.6 is 23.2 Å². The van der Waals surface area contributed by atoms with E-state index in [4.69, 9.17) is 33.9 Å². The molecule has 2 heterocycles. The van der Waals surface area contributed by atoms with E-state index in [9.17, 15) is 9.50 Å². The zero-order chi connectivity index (χ0) is 20.8. The number of piperidine rings is 1. The lowest BCUT2D eigenvalue weighted by Crippen LogP contribution is -2.47. The number of nitrogens with two attached hydrogens (primary N) is 1. The van der Waals surface area contributed by atoms with Crippen LogP contribution in [0.3, 0.4) is 0 Å². The molecule has 2 aliphatic rings. The first-order valence-electron chi connectivity index (χ1n) is 9.92. The third kappa shape index (κ3) is 3.72. The Hall–Kier alpha value is -1.47. The van der Waals surface area contributed by atoms with Gasteiger partial charge in [0.15, 0.2) is 5.82 Å². The van der Waals surface area contributed by atoms with Crippen molar-refractivity contribution in [2.45, 2.75) is 51.4 Å². The van der Waals surface area contributed by atoms with Gasteiger partial charge in [0, 0.05) is 24.7 Å². The molecule has 156 valence electrons. The standard InChI is InChI=1S/C21H25Cl2FN4O/c1-12-19(14-3-2-4-15(22)18(14)23)27-16(11-29)20(26-12)28-7-5-21(6-8-28)10-13(24)9-17(21)25/h2-4,13,17,29H,5-11,25H2,1H3/t13-,17+/m0/s1. The number of hydrogen-bond acceptors (Lipinski definition) is 5. The Bertz CT molecular complexity index is 918. The number of halogens is 3. The van der Waals surface area contributed by atoms with Crippen LogP contribution in [-0.4, -0.2) is 40.4 Å². The Morgan fingerprint density at radius 3 is 2.62 bits per heavy atom. The number of rotatable bonds is 3. The second kappa shape index (κ2) is 7.99. The summed E-state index contributed by atoms with van der Waals surface area (Å²) in [4.78, 5) is 11.6. The SMILES string of the molecule is Cc1nc(N2CCC3(CC2)C[C@@H](F)C[C@H]3N)c(CO)nc1-c1cccc(Cl)c1Cl. The summed E-state index contributed by atoms with van der Waals surface area (Å²) in [6, 6.07) is 5.28. The molecule has 1 saturated carbocycles. The first-order chi connectivity index (χ1) is 13.8. The van der Waals surface area contributed by atoms with Gasteiger partial charge in [0.2, 0.25) is 0 Å². The molecule has 0 amide bonds. The number of anilines is 1. The summed E-state index contributed by atoms with van der Waals surface area (Å²) in [6.07, 6.45) is 1.85. The Kier molecular flexibility index (Phi) is 5.73. The van der Waals surface area contributed by atoms with Crippen LogP contribution in [0.15, 0.2) is 18.2 Å². The molecule has 3 N–H and O–H groups in total. The lowest BCUT2D eigenvalue weighted by Gasteiger charge is -2.42. The normalized spacial score (nSPS) is 23.7. The summed E-state index contributed by atoms with van der Waals surface area (Å²) in [5, 5.41) is 10.8. The maximum atomic E-state index is 13.9. The minimum absolute atomic E-state index is 0.0860. The van der Waals surface area contributed by atoms with E-state index in [0.717, 1.165) is 25.9 Å². The average Bonchev–Trinajstić information content (AvgIpc) is 2.97. The molecule has 1 aromatic heterocycles. The van der Waals surface area contributed by atoms with Crippen molar-refractivity contribution in [2.75, 3.05) is 18.0 Å². The van der Waals surface area contributed by atoms with Crippen molar-refractivity contribution < 1.29 is 9.50 Å². The predicted octanol–water partition coefficient (Wildman–Crippen LogP) is 4.30. The highest BCUT2D eigenvalue weighted by atomic mass is 35.5. The maximum absolute atomic E-state index is 13.9. The Balaban J connectivity index is 1.63. The fourth-order valence-electron chi connectivity index (χ4n) is 4.78. The van der Waals surface area contributed by atoms with Crippen molar-refractivity contribution >= 4 is 29.0 Å². The minimum atomic E-state index is -0.798. The van der Waals surface area contributed by atoms with Crippen LogP contribution in [0.2, 0.25) is 10.0 Å². The van der Waals surface area contributed by atoms with Gasteiger partial charge in [-0.05, 0) is 44.1 Å². The molecule has 2 aromatic rings. The number of aromatic nitrogens is 2. The van der Waals surface area contributed by atoms with Crippen molar-refractivity contribution in [3.63, 3.8) is 0 Å². The van der Waals surface area contributed by atoms with Crippen LogP contribution in [0.25, 0.3) is 11.3 Å². The van der Waals surface area contributed by atoms with Crippen LogP contribution in [-0.2, 0) is 6.61 Å². The van der Waals surface area contributed by atoms with E-state index < -0.39 is 6.17 Å². The first kappa shape index (κ1) is 20.8. The fraction of sp³-hybridized carbons (Fsp3) is 0.524. The van der Waals surface area contributed by atoms with Gasteiger partial charge < -0.3 is 15.7 Å². The molecule has 8 heteroatoms. The zero-order valence-electron chi connectivity index (χ0n) is 16.3. The molecule has 4 rings (SSSR count). The first-order valence-corrected chi connectivity index (χ1v) is 10.7. The van der Waals surface area contributed by atoms with Crippen molar-refractivity contribution in [1.29, 1.82) is 0 Å². The summed E-state index contributed by atoms with van der Waals surface area (Å²) in [5.41, 5.74) is 8.65. The topological polar surface area (TPSA) is 75.3 Å². The molecule has 1 aliphatic carbocycles. The molecule has 2 fully saturated rings. The van der Waals surface area contributed by atoms with E-state index in [1.165, 1.54) is 0 Å². The smallest absolute Gasteiger partial charge is 0.153 e. The highest BCUT2D eigenvalue weighted by Gasteiger charge is 2.47. The average molecular weight is 439 g/mol. The van der Waals surface area contributed by atoms with Gasteiger partial charge in [-0.15, -0.1) is 0 Å². The van der Waals surface area contributed by atoms with Crippen LogP contribution < -0.4 is 10.6 Å². The zero-order valence-corrected chi connectivity index (χ0v) is 17.8. The molecule has 2 atom stereocenters. The number of benzene rings is 1. The summed E-state index contributed by atoms with van der Waals surface area (Å²) in [7, 11) is 0. The monoisotopic (exact) mass is 438 g/mol. The van der Waals surface area contributed by atoms with Gasteiger partial charge in [-0.2, -0.15) is 0 Å². The minimum Gasteiger partial charge on any atom is -0.390 e. The summed E-state index contributed by atoms with van der Waals surface area (Å²) >= 11 is 12.5. The lowest BCUT2D eigenvalue weighted by molar-refractivity contribution is 0.183. The van der Waals surface area contributed by atoms with Crippen LogP contribution in [0, 0.1) is 12.3 Å². The molecule has 1 saturated heterocycles. The highest BCUT2D eigenvalue weighted by molar-refractivity contribution is 6.43. The summed E-state index contributed by atoms with van der Waals surface area (Å²) in [6.45, 7) is 3.08. The van der Waals surface area contributed by atoms with Crippen molar-refractivity contribution in [3.05, 3.63) is 39.6 Å². The van der Waals surface area contributed by atoms with Crippen LogP contribution in [0.4, 0.5) is 10.2 Å². The number of aryl methyl sites for hydroxylation is 1. The van der Waals surface area contributed by atoms with Crippen LogP contribution in [0.1, 0.15) is 37.1 Å². The highest BCUT2D eigenvalue weighted by Crippen LogP contribution is 2.47. The van der Waals surface area contributed by atoms with Gasteiger partial charge in [0.05, 0.1) is 28.0 Å². The Labute approximate surface area is 180 Å². The molecular weight excluding hydrogens is 414 g/mol. The van der Waals surface area contributed by atoms with Crippen molar-refractivity contribution in [1.82, 2.24) is 9.97 Å². The number of aliphatic hydroxyl groups excluding tert-OH is 1. The van der Waals surface area contributed by atoms with E-state index in [2.05, 4.69) is 9.88 Å². The molecule has 0 unspecified atom stereocenters. The molecule has 1 spiro atoms. The molecule has 0 radical (unpaired) electrons. The fourth-order valence-corrected chi connectivity index (χ4v) is 5.17. The van der Waals surface area contributed by atoms with E-state index in [1.54, 1.807) is 6.07 Å². The second-order valence-electron chi connectivity index (χ2n) is 8.18. The quantitative estimate of drug-likeness (QED) is 0.746. The molecule has 1 aromatic carbocycles. The number of nitrogens with zero attached hydrogens (tertiary/aromatic N) is 3.